The van der Waals surface area contributed by atoms with Crippen molar-refractivity contribution in [3.63, 3.8) is 0 Å². The molecule has 102 valence electrons. The Morgan fingerprint density at radius 3 is 2.74 bits per heavy atom. The Balaban J connectivity index is 1.76. The highest BCUT2D eigenvalue weighted by Crippen LogP contribution is 2.31. The van der Waals surface area contributed by atoms with Gasteiger partial charge in [0.05, 0.1) is 0 Å². The summed E-state index contributed by atoms with van der Waals surface area (Å²) in [5.41, 5.74) is 2.75. The van der Waals surface area contributed by atoms with Crippen LogP contribution in [0.3, 0.4) is 0 Å². The van der Waals surface area contributed by atoms with Crippen LogP contribution in [0.2, 0.25) is 0 Å². The van der Waals surface area contributed by atoms with Gasteiger partial charge in [-0.2, -0.15) is 0 Å². The van der Waals surface area contributed by atoms with Gasteiger partial charge in [0.2, 0.25) is 0 Å². The number of para-hydroxylation sites is 1. The summed E-state index contributed by atoms with van der Waals surface area (Å²) < 4.78 is 2.23. The van der Waals surface area contributed by atoms with Crippen LogP contribution in [0.1, 0.15) is 32.3 Å². The lowest BCUT2D eigenvalue weighted by atomic mass is 9.97. The van der Waals surface area contributed by atoms with Gasteiger partial charge >= 0.3 is 0 Å². The first kappa shape index (κ1) is 12.7. The van der Waals surface area contributed by atoms with Crippen molar-refractivity contribution in [2.45, 2.75) is 39.3 Å². The van der Waals surface area contributed by atoms with E-state index in [1.807, 2.05) is 0 Å². The summed E-state index contributed by atoms with van der Waals surface area (Å²) in [6.45, 7) is 5.76. The molecule has 1 aromatic heterocycles. The Kier molecular flexibility index (Phi) is 3.36. The van der Waals surface area contributed by atoms with Crippen LogP contribution in [-0.4, -0.2) is 10.6 Å². The van der Waals surface area contributed by atoms with E-state index >= 15 is 0 Å². The predicted octanol–water partition coefficient (Wildman–Crippen LogP) is 3.70. The van der Waals surface area contributed by atoms with E-state index in [0.29, 0.717) is 6.04 Å². The molecule has 0 aliphatic heterocycles. The van der Waals surface area contributed by atoms with E-state index in [0.717, 1.165) is 18.4 Å². The largest absolute Gasteiger partial charge is 0.350 e. The maximum Gasteiger partial charge on any atom is 0.0481 e. The van der Waals surface area contributed by atoms with Gasteiger partial charge in [-0.3, -0.25) is 0 Å². The van der Waals surface area contributed by atoms with Crippen molar-refractivity contribution in [2.24, 2.45) is 18.9 Å². The number of rotatable bonds is 3. The fourth-order valence-electron chi connectivity index (χ4n) is 3.46. The summed E-state index contributed by atoms with van der Waals surface area (Å²) in [5.74, 6) is 1.67. The predicted molar refractivity (Wildman–Crippen MR) is 81.1 cm³/mol. The topological polar surface area (TPSA) is 17.0 Å². The maximum atomic E-state index is 3.77. The molecule has 1 saturated carbocycles. The number of hydrogen-bond donors (Lipinski definition) is 1. The third-order valence-corrected chi connectivity index (χ3v) is 5.00. The van der Waals surface area contributed by atoms with Gasteiger partial charge in [-0.05, 0) is 36.3 Å². The van der Waals surface area contributed by atoms with Crippen molar-refractivity contribution in [2.75, 3.05) is 0 Å². The van der Waals surface area contributed by atoms with E-state index in [2.05, 4.69) is 61.2 Å². The maximum absolute atomic E-state index is 3.77. The molecule has 1 aliphatic rings. The van der Waals surface area contributed by atoms with E-state index in [4.69, 9.17) is 0 Å². The molecule has 1 aliphatic carbocycles. The molecule has 0 radical (unpaired) electrons. The zero-order valence-electron chi connectivity index (χ0n) is 12.2. The second kappa shape index (κ2) is 5.01. The van der Waals surface area contributed by atoms with Gasteiger partial charge in [0, 0.05) is 36.7 Å². The van der Waals surface area contributed by atoms with E-state index in [-0.39, 0.29) is 0 Å². The van der Waals surface area contributed by atoms with Crippen LogP contribution in [-0.2, 0) is 13.6 Å². The summed E-state index contributed by atoms with van der Waals surface area (Å²) in [7, 11) is 2.13. The molecule has 3 rings (SSSR count). The fraction of sp³-hybridized carbons (Fsp3) is 0.529. The standard InChI is InChI=1S/C17H24N2/c1-12-8-9-16(13(12)2)18-10-14-11-19(3)17-7-5-4-6-15(14)17/h4-7,11-13,16,18H,8-10H2,1-3H3. The third kappa shape index (κ3) is 2.30. The van der Waals surface area contributed by atoms with Crippen LogP contribution in [0.25, 0.3) is 10.9 Å². The number of hydrogen-bond acceptors (Lipinski definition) is 1. The molecule has 1 fully saturated rings. The van der Waals surface area contributed by atoms with Gasteiger partial charge in [-0.1, -0.05) is 32.0 Å². The lowest BCUT2D eigenvalue weighted by Crippen LogP contribution is -2.31. The van der Waals surface area contributed by atoms with Gasteiger partial charge in [0.25, 0.3) is 0 Å². The lowest BCUT2D eigenvalue weighted by molar-refractivity contribution is 0.370. The van der Waals surface area contributed by atoms with E-state index < -0.39 is 0 Å². The average Bonchev–Trinajstić information content (AvgIpc) is 2.91. The fourth-order valence-corrected chi connectivity index (χ4v) is 3.46. The normalized spacial score (nSPS) is 27.2. The van der Waals surface area contributed by atoms with Gasteiger partial charge in [-0.25, -0.2) is 0 Å². The van der Waals surface area contributed by atoms with Crippen LogP contribution in [0.4, 0.5) is 0 Å². The molecule has 1 heterocycles. The van der Waals surface area contributed by atoms with Gasteiger partial charge in [0.15, 0.2) is 0 Å². The minimum absolute atomic E-state index is 0.689. The second-order valence-corrected chi connectivity index (χ2v) is 6.18. The number of aromatic nitrogens is 1. The molecule has 2 nitrogen and oxygen atoms in total. The van der Waals surface area contributed by atoms with E-state index in [9.17, 15) is 0 Å². The first-order valence-corrected chi connectivity index (χ1v) is 7.43. The zero-order valence-corrected chi connectivity index (χ0v) is 12.2. The van der Waals surface area contributed by atoms with Crippen molar-refractivity contribution in [1.82, 2.24) is 9.88 Å². The highest BCUT2D eigenvalue weighted by atomic mass is 15.0. The monoisotopic (exact) mass is 256 g/mol. The molecule has 2 aromatic rings. The highest BCUT2D eigenvalue weighted by Gasteiger charge is 2.29. The molecule has 3 atom stereocenters. The Labute approximate surface area is 115 Å². The van der Waals surface area contributed by atoms with Crippen molar-refractivity contribution < 1.29 is 0 Å². The van der Waals surface area contributed by atoms with Crippen molar-refractivity contribution >= 4 is 10.9 Å². The molecule has 0 spiro atoms. The minimum atomic E-state index is 0.689. The molecular weight excluding hydrogens is 232 g/mol. The number of aryl methyl sites for hydroxylation is 1. The lowest BCUT2D eigenvalue weighted by Gasteiger charge is -2.19. The highest BCUT2D eigenvalue weighted by molar-refractivity contribution is 5.83. The molecule has 1 aromatic carbocycles. The molecular formula is C17H24N2. The SMILES string of the molecule is CC1CCC(NCc2cn(C)c3ccccc23)C1C. The van der Waals surface area contributed by atoms with E-state index in [1.165, 1.54) is 29.3 Å². The zero-order chi connectivity index (χ0) is 13.4. The van der Waals surface area contributed by atoms with E-state index in [1.54, 1.807) is 0 Å². The van der Waals surface area contributed by atoms with Gasteiger partial charge in [0.1, 0.15) is 0 Å². The summed E-state index contributed by atoms with van der Waals surface area (Å²) in [6, 6.07) is 9.35. The van der Waals surface area contributed by atoms with Crippen LogP contribution in [0.15, 0.2) is 30.5 Å². The van der Waals surface area contributed by atoms with Gasteiger partial charge in [-0.15, -0.1) is 0 Å². The third-order valence-electron chi connectivity index (χ3n) is 5.00. The average molecular weight is 256 g/mol. The molecule has 19 heavy (non-hydrogen) atoms. The van der Waals surface area contributed by atoms with Crippen LogP contribution in [0, 0.1) is 11.8 Å². The molecule has 0 saturated heterocycles. The summed E-state index contributed by atoms with van der Waals surface area (Å²) in [5, 5.41) is 5.16. The van der Waals surface area contributed by atoms with Crippen LogP contribution >= 0.6 is 0 Å². The molecule has 0 bridgehead atoms. The van der Waals surface area contributed by atoms with Crippen molar-refractivity contribution in [3.05, 3.63) is 36.0 Å². The second-order valence-electron chi connectivity index (χ2n) is 6.18. The van der Waals surface area contributed by atoms with Crippen LogP contribution < -0.4 is 5.32 Å². The Morgan fingerprint density at radius 2 is 2.00 bits per heavy atom. The quantitative estimate of drug-likeness (QED) is 0.886. The van der Waals surface area contributed by atoms with Crippen LogP contribution in [0.5, 0.6) is 0 Å². The Morgan fingerprint density at radius 1 is 1.21 bits per heavy atom. The summed E-state index contributed by atoms with van der Waals surface area (Å²) in [6.07, 6.45) is 4.96. The smallest absolute Gasteiger partial charge is 0.0481 e. The molecule has 1 N–H and O–H groups in total. The Hall–Kier alpha value is -1.28. The van der Waals surface area contributed by atoms with Crippen molar-refractivity contribution in [1.29, 1.82) is 0 Å². The molecule has 2 heteroatoms. The first-order valence-electron chi connectivity index (χ1n) is 7.43. The molecule has 3 unspecified atom stereocenters. The van der Waals surface area contributed by atoms with Gasteiger partial charge < -0.3 is 9.88 Å². The number of benzene rings is 1. The molecule has 0 amide bonds. The number of nitrogens with one attached hydrogen (secondary N) is 1. The van der Waals surface area contributed by atoms with Crippen molar-refractivity contribution in [3.8, 4) is 0 Å². The first-order chi connectivity index (χ1) is 9.16. The number of nitrogens with zero attached hydrogens (tertiary/aromatic N) is 1. The Bertz CT molecular complexity index is 570. The minimum Gasteiger partial charge on any atom is -0.350 e. The number of fused-ring (bicyclic) bond motifs is 1. The summed E-state index contributed by atoms with van der Waals surface area (Å²) in [4.78, 5) is 0. The summed E-state index contributed by atoms with van der Waals surface area (Å²) >= 11 is 0.